The fraction of sp³-hybridized carbons (Fsp3) is 0.308. The summed E-state index contributed by atoms with van der Waals surface area (Å²) in [5.41, 5.74) is 3.33. The number of amides is 1. The van der Waals surface area contributed by atoms with Gasteiger partial charge in [-0.15, -0.1) is 11.8 Å². The van der Waals surface area contributed by atoms with Gasteiger partial charge in [0.2, 0.25) is 0 Å². The molecule has 2 N–H and O–H groups in total. The van der Waals surface area contributed by atoms with Gasteiger partial charge in [0, 0.05) is 42.3 Å². The minimum absolute atomic E-state index is 0.0391. The highest BCUT2D eigenvalue weighted by Gasteiger charge is 2.22. The number of rotatable bonds is 6. The molecule has 2 saturated heterocycles. The lowest BCUT2D eigenvalue weighted by atomic mass is 10.2. The van der Waals surface area contributed by atoms with E-state index in [4.69, 9.17) is 38.3 Å². The van der Waals surface area contributed by atoms with E-state index in [0.717, 1.165) is 46.4 Å². The molecule has 1 aromatic heterocycles. The van der Waals surface area contributed by atoms with Crippen molar-refractivity contribution in [2.45, 2.75) is 4.90 Å². The van der Waals surface area contributed by atoms with Crippen molar-refractivity contribution < 1.29 is 14.3 Å². The molecular weight excluding hydrogens is 544 g/mol. The average molecular weight is 571 g/mol. The zero-order valence-electron chi connectivity index (χ0n) is 20.8. The zero-order chi connectivity index (χ0) is 26.5. The molecule has 3 heterocycles. The second-order valence-corrected chi connectivity index (χ2v) is 10.2. The third kappa shape index (κ3) is 6.19. The Morgan fingerprint density at radius 1 is 0.947 bits per heavy atom. The molecule has 0 spiro atoms. The standard InChI is InChI=1S/C26H27ClN6O3S2/c1-38-22-23(27)30-24(31-25(22)32-10-13-35-14-11-32)17-2-4-18(5-3-17)28-26(37)29-19-6-8-20(9-7-19)33-12-15-36-16-21(33)34/h2-9H,10-16H2,1H3,(H2,28,29,37). The first-order valence-electron chi connectivity index (χ1n) is 12.1. The molecule has 5 rings (SSSR count). The minimum atomic E-state index is -0.0391. The Morgan fingerprint density at radius 3 is 2.21 bits per heavy atom. The third-order valence-electron chi connectivity index (χ3n) is 6.14. The highest BCUT2D eigenvalue weighted by Crippen LogP contribution is 2.35. The van der Waals surface area contributed by atoms with Gasteiger partial charge in [-0.25, -0.2) is 9.97 Å². The quantitative estimate of drug-likeness (QED) is 0.250. The van der Waals surface area contributed by atoms with E-state index in [9.17, 15) is 4.79 Å². The predicted octanol–water partition coefficient (Wildman–Crippen LogP) is 4.53. The van der Waals surface area contributed by atoms with Crippen LogP contribution in [-0.2, 0) is 14.3 Å². The summed E-state index contributed by atoms with van der Waals surface area (Å²) >= 11 is 13.6. The van der Waals surface area contributed by atoms with Crippen LogP contribution in [0.25, 0.3) is 11.4 Å². The Balaban J connectivity index is 1.24. The Kier molecular flexibility index (Phi) is 8.60. The summed E-state index contributed by atoms with van der Waals surface area (Å²) < 4.78 is 10.7. The molecule has 0 unspecified atom stereocenters. The molecule has 2 aliphatic heterocycles. The Morgan fingerprint density at radius 2 is 1.58 bits per heavy atom. The van der Waals surface area contributed by atoms with Gasteiger partial charge >= 0.3 is 0 Å². The maximum absolute atomic E-state index is 12.0. The monoisotopic (exact) mass is 570 g/mol. The van der Waals surface area contributed by atoms with E-state index in [-0.39, 0.29) is 12.5 Å². The summed E-state index contributed by atoms with van der Waals surface area (Å²) in [6.45, 7) is 4.06. The average Bonchev–Trinajstić information content (AvgIpc) is 2.94. The van der Waals surface area contributed by atoms with Gasteiger partial charge in [0.25, 0.3) is 5.91 Å². The van der Waals surface area contributed by atoms with E-state index in [1.165, 1.54) is 0 Å². The van der Waals surface area contributed by atoms with Crippen molar-refractivity contribution in [3.05, 3.63) is 53.7 Å². The van der Waals surface area contributed by atoms with Crippen LogP contribution in [-0.4, -0.2) is 73.3 Å². The van der Waals surface area contributed by atoms with Crippen LogP contribution >= 0.6 is 35.6 Å². The second kappa shape index (κ2) is 12.3. The molecule has 2 fully saturated rings. The van der Waals surface area contributed by atoms with Gasteiger partial charge in [-0.3, -0.25) is 4.79 Å². The van der Waals surface area contributed by atoms with Crippen molar-refractivity contribution >= 4 is 69.5 Å². The van der Waals surface area contributed by atoms with Crippen molar-refractivity contribution in [1.82, 2.24) is 9.97 Å². The molecule has 38 heavy (non-hydrogen) atoms. The number of thioether (sulfide) groups is 1. The molecule has 9 nitrogen and oxygen atoms in total. The van der Waals surface area contributed by atoms with Crippen molar-refractivity contribution in [1.29, 1.82) is 0 Å². The largest absolute Gasteiger partial charge is 0.378 e. The second-order valence-electron chi connectivity index (χ2n) is 8.60. The summed E-state index contributed by atoms with van der Waals surface area (Å²) in [7, 11) is 0. The van der Waals surface area contributed by atoms with Crippen LogP contribution in [0.2, 0.25) is 5.15 Å². The number of thiocarbonyl (C=S) groups is 1. The Bertz CT molecular complexity index is 1300. The molecule has 0 aliphatic carbocycles. The summed E-state index contributed by atoms with van der Waals surface area (Å²) in [6, 6.07) is 15.3. The lowest BCUT2D eigenvalue weighted by molar-refractivity contribution is -0.125. The normalized spacial score (nSPS) is 15.9. The number of hydrogen-bond donors (Lipinski definition) is 2. The Hall–Kier alpha value is -2.96. The lowest BCUT2D eigenvalue weighted by Gasteiger charge is -2.29. The first kappa shape index (κ1) is 26.6. The molecule has 0 radical (unpaired) electrons. The van der Waals surface area contributed by atoms with Gasteiger partial charge in [0.05, 0.1) is 24.7 Å². The number of carbonyl (C=O) groups is 1. The molecule has 0 saturated carbocycles. The van der Waals surface area contributed by atoms with Gasteiger partial charge in [-0.1, -0.05) is 11.6 Å². The molecule has 1 amide bonds. The molecule has 0 bridgehead atoms. The van der Waals surface area contributed by atoms with E-state index in [1.54, 1.807) is 16.7 Å². The summed E-state index contributed by atoms with van der Waals surface area (Å²) in [4.78, 5) is 26.2. The molecule has 2 aromatic carbocycles. The highest BCUT2D eigenvalue weighted by atomic mass is 35.5. The number of anilines is 4. The first-order valence-corrected chi connectivity index (χ1v) is 14.1. The summed E-state index contributed by atoms with van der Waals surface area (Å²) in [5, 5.41) is 7.26. The smallest absolute Gasteiger partial charge is 0.253 e. The number of benzene rings is 2. The zero-order valence-corrected chi connectivity index (χ0v) is 23.2. The van der Waals surface area contributed by atoms with E-state index < -0.39 is 0 Å². The summed E-state index contributed by atoms with van der Waals surface area (Å²) in [5.74, 6) is 1.37. The van der Waals surface area contributed by atoms with Crippen LogP contribution in [0.15, 0.2) is 53.4 Å². The number of morpholine rings is 2. The van der Waals surface area contributed by atoms with E-state index in [1.807, 2.05) is 54.8 Å². The first-order chi connectivity index (χ1) is 18.5. The predicted molar refractivity (Wildman–Crippen MR) is 157 cm³/mol. The number of carbonyl (C=O) groups excluding carboxylic acids is 1. The van der Waals surface area contributed by atoms with Crippen molar-refractivity contribution in [2.24, 2.45) is 0 Å². The van der Waals surface area contributed by atoms with Crippen LogP contribution in [0.3, 0.4) is 0 Å². The number of aromatic nitrogens is 2. The number of halogens is 1. The lowest BCUT2D eigenvalue weighted by Crippen LogP contribution is -2.41. The van der Waals surface area contributed by atoms with Crippen molar-refractivity contribution in [3.8, 4) is 11.4 Å². The third-order valence-corrected chi connectivity index (χ3v) is 7.52. The number of hydrogen-bond acceptors (Lipinski definition) is 8. The van der Waals surface area contributed by atoms with Gasteiger partial charge < -0.3 is 29.9 Å². The maximum Gasteiger partial charge on any atom is 0.253 e. The van der Waals surface area contributed by atoms with E-state index in [2.05, 4.69) is 20.5 Å². The summed E-state index contributed by atoms with van der Waals surface area (Å²) in [6.07, 6.45) is 1.98. The van der Waals surface area contributed by atoms with Gasteiger partial charge in [-0.2, -0.15) is 0 Å². The van der Waals surface area contributed by atoms with Crippen LogP contribution < -0.4 is 20.4 Å². The van der Waals surface area contributed by atoms with Crippen LogP contribution in [0.4, 0.5) is 22.9 Å². The molecule has 2 aliphatic rings. The molecular formula is C26H27ClN6O3S2. The van der Waals surface area contributed by atoms with Gasteiger partial charge in [0.1, 0.15) is 17.6 Å². The van der Waals surface area contributed by atoms with E-state index >= 15 is 0 Å². The van der Waals surface area contributed by atoms with Gasteiger partial charge in [-0.05, 0) is 67.0 Å². The van der Waals surface area contributed by atoms with Crippen LogP contribution in [0.5, 0.6) is 0 Å². The fourth-order valence-electron chi connectivity index (χ4n) is 4.22. The molecule has 0 atom stereocenters. The molecule has 12 heteroatoms. The highest BCUT2D eigenvalue weighted by molar-refractivity contribution is 7.98. The Labute approximate surface area is 235 Å². The fourth-order valence-corrected chi connectivity index (χ4v) is 5.42. The number of nitrogens with one attached hydrogen (secondary N) is 2. The molecule has 3 aromatic rings. The van der Waals surface area contributed by atoms with Crippen molar-refractivity contribution in [2.75, 3.05) is 72.8 Å². The van der Waals surface area contributed by atoms with Gasteiger partial charge in [0.15, 0.2) is 10.9 Å². The maximum atomic E-state index is 12.0. The van der Waals surface area contributed by atoms with Crippen molar-refractivity contribution in [3.63, 3.8) is 0 Å². The van der Waals surface area contributed by atoms with Crippen LogP contribution in [0.1, 0.15) is 0 Å². The van der Waals surface area contributed by atoms with Crippen LogP contribution in [0, 0.1) is 0 Å². The SMILES string of the molecule is CSc1c(Cl)nc(-c2ccc(NC(=S)Nc3ccc(N4CCOCC4=O)cc3)cc2)nc1N1CCOCC1. The van der Waals surface area contributed by atoms with E-state index in [0.29, 0.717) is 42.5 Å². The number of nitrogens with zero attached hydrogens (tertiary/aromatic N) is 4. The topological polar surface area (TPSA) is 91.9 Å². The number of ether oxygens (including phenoxy) is 2. The molecule has 198 valence electrons. The minimum Gasteiger partial charge on any atom is -0.378 e.